The molecule has 0 spiro atoms. The van der Waals surface area contributed by atoms with Gasteiger partial charge in [-0.3, -0.25) is 13.2 Å². The largest absolute Gasteiger partial charge is 2.00 e. The summed E-state index contributed by atoms with van der Waals surface area (Å²) in [5.41, 5.74) is 0. The fourth-order valence-electron chi connectivity index (χ4n) is 0. The van der Waals surface area contributed by atoms with Crippen molar-refractivity contribution in [1.82, 2.24) is 0 Å². The maximum absolute atomic E-state index is 8.52. The van der Waals surface area contributed by atoms with Crippen molar-refractivity contribution in [1.29, 1.82) is 0 Å². The summed E-state index contributed by atoms with van der Waals surface area (Å²) in [4.78, 5) is 8.36. The maximum Gasteiger partial charge on any atom is 2.00 e. The number of carbonyl (C=O) groups is 1. The molecule has 0 aromatic heterocycles. The van der Waals surface area contributed by atoms with E-state index in [0.29, 0.717) is 0 Å². The average molecular weight is 218 g/mol. The summed E-state index contributed by atoms with van der Waals surface area (Å²) in [6, 6.07) is 0. The van der Waals surface area contributed by atoms with E-state index < -0.39 is 10.4 Å². The Morgan fingerprint density at radius 2 is 1.18 bits per heavy atom. The van der Waals surface area contributed by atoms with Gasteiger partial charge in [0, 0.05) is 10.4 Å². The molecule has 11 heavy (non-hydrogen) atoms. The average Bonchev–Trinajstić information content (AvgIpc) is 1.27. The predicted octanol–water partition coefficient (Wildman–Crippen LogP) is -3.67. The van der Waals surface area contributed by atoms with Crippen LogP contribution in [0.5, 0.6) is 0 Å². The molecule has 5 N–H and O–H groups in total. The number of hydrogen-bond donors (Lipinski definition) is 1. The molecule has 0 aliphatic carbocycles. The first-order valence-electron chi connectivity index (χ1n) is 1.16. The third-order valence-corrected chi connectivity index (χ3v) is 0. The Morgan fingerprint density at radius 3 is 1.18 bits per heavy atom. The first kappa shape index (κ1) is 30.0. The summed E-state index contributed by atoms with van der Waals surface area (Å²) < 4.78 is 34.1. The van der Waals surface area contributed by atoms with Gasteiger partial charge in [-0.25, -0.2) is 0 Å². The summed E-state index contributed by atoms with van der Waals surface area (Å²) in [7, 11) is -5.17. The van der Waals surface area contributed by atoms with Gasteiger partial charge in [0.25, 0.3) is 6.47 Å². The molecule has 8 nitrogen and oxygen atoms in total. The van der Waals surface area contributed by atoms with Crippen molar-refractivity contribution in [3.63, 3.8) is 0 Å². The maximum atomic E-state index is 8.52. The van der Waals surface area contributed by atoms with E-state index in [1.807, 2.05) is 0 Å². The van der Waals surface area contributed by atoms with Crippen molar-refractivity contribution in [3.05, 3.63) is 0 Å². The van der Waals surface area contributed by atoms with Crippen molar-refractivity contribution in [3.8, 4) is 0 Å². The van der Waals surface area contributed by atoms with Gasteiger partial charge in [-0.15, -0.1) is 0 Å². The normalized spacial score (nSPS) is 6.36. The fourth-order valence-corrected chi connectivity index (χ4v) is 0. The summed E-state index contributed by atoms with van der Waals surface area (Å²) in [6.45, 7) is -0.250. The summed E-state index contributed by atoms with van der Waals surface area (Å²) >= 11 is 0. The molecular weight excluding hydrogens is 212 g/mol. The van der Waals surface area contributed by atoms with E-state index in [1.165, 1.54) is 0 Å². The van der Waals surface area contributed by atoms with Crippen LogP contribution in [0.3, 0.4) is 0 Å². The predicted molar refractivity (Wildman–Crippen MR) is 32.1 cm³/mol. The second-order valence-corrected chi connectivity index (χ2v) is 1.33. The molecule has 0 aliphatic rings. The van der Waals surface area contributed by atoms with E-state index in [2.05, 4.69) is 0 Å². The van der Waals surface area contributed by atoms with E-state index in [-0.39, 0.29) is 55.2 Å². The molecule has 0 unspecified atom stereocenters. The number of hydrogen-bond acceptors (Lipinski definition) is 5. The Bertz CT molecular complexity index is 128. The van der Waals surface area contributed by atoms with Crippen LogP contribution in [0, 0.1) is 0 Å². The van der Waals surface area contributed by atoms with Crippen LogP contribution in [0.25, 0.3) is 0 Å². The van der Waals surface area contributed by atoms with E-state index in [4.69, 9.17) is 27.4 Å². The first-order chi connectivity index (χ1) is 3.41. The van der Waals surface area contributed by atoms with E-state index in [1.54, 1.807) is 0 Å². The number of rotatable bonds is 0. The van der Waals surface area contributed by atoms with Crippen LogP contribution < -0.4 is 0 Å². The molecule has 0 radical (unpaired) electrons. The van der Waals surface area contributed by atoms with Crippen molar-refractivity contribution < 1.29 is 38.4 Å². The van der Waals surface area contributed by atoms with Crippen molar-refractivity contribution in [2.24, 2.45) is 0 Å². The quantitative estimate of drug-likeness (QED) is 0.189. The summed E-state index contributed by atoms with van der Waals surface area (Å²) in [5, 5.41) is 6.89. The number of carboxylic acid groups (broad SMARTS) is 1. The topological polar surface area (TPSA) is 181 Å². The second kappa shape index (κ2) is 16.9. The van der Waals surface area contributed by atoms with E-state index in [0.717, 1.165) is 0 Å². The molecule has 0 aliphatic heterocycles. The summed E-state index contributed by atoms with van der Waals surface area (Å²) in [6.07, 6.45) is 0. The molecule has 0 fully saturated rings. The van der Waals surface area contributed by atoms with Crippen LogP contribution in [-0.2, 0) is 15.2 Å². The molecule has 0 rings (SSSR count). The van der Waals surface area contributed by atoms with Crippen LogP contribution in [0.1, 0.15) is 0 Å². The van der Waals surface area contributed by atoms with Gasteiger partial charge in [0.1, 0.15) is 0 Å². The monoisotopic (exact) mass is 218 g/mol. The van der Waals surface area contributed by atoms with Crippen molar-refractivity contribution >= 4 is 54.6 Å². The van der Waals surface area contributed by atoms with Gasteiger partial charge in [0.05, 0.1) is 0 Å². The molecule has 0 saturated heterocycles. The van der Waals surface area contributed by atoms with Gasteiger partial charge in [-0.05, 0) is 0 Å². The Balaban J connectivity index is -0.0000000183. The molecule has 0 aromatic rings. The van der Waals surface area contributed by atoms with E-state index >= 15 is 0 Å². The molecule has 66 valence electrons. The summed E-state index contributed by atoms with van der Waals surface area (Å²) in [5.74, 6) is 0. The molecular formula is CH6CaO8S. The standard InChI is InChI=1S/CH2O2.Ca.H2O4S.2H2O/c2-1-3;;1-5(2,3)4;;/h1H,(H,2,3);;(H2,1,2,3,4);2*1H2/q;+2;;;/p-2. The fraction of sp³-hybridized carbons (Fsp3) is 0. The Labute approximate surface area is 92.4 Å². The zero-order chi connectivity index (χ0) is 7.21. The Morgan fingerprint density at radius 1 is 1.18 bits per heavy atom. The third kappa shape index (κ3) is 2830. The molecule has 0 atom stereocenters. The molecule has 10 heteroatoms. The third-order valence-electron chi connectivity index (χ3n) is 0. The van der Waals surface area contributed by atoms with Crippen LogP contribution in [-0.4, -0.2) is 77.8 Å². The van der Waals surface area contributed by atoms with Crippen LogP contribution in [0.15, 0.2) is 0 Å². The van der Waals surface area contributed by atoms with Gasteiger partial charge in [-0.2, -0.15) is 0 Å². The first-order valence-corrected chi connectivity index (χ1v) is 2.49. The minimum absolute atomic E-state index is 0. The zero-order valence-electron chi connectivity index (χ0n) is 5.18. The van der Waals surface area contributed by atoms with Gasteiger partial charge in [0.15, 0.2) is 0 Å². The minimum atomic E-state index is -5.17. The molecule has 0 amide bonds. The van der Waals surface area contributed by atoms with E-state index in [9.17, 15) is 0 Å². The Kier molecular flexibility index (Phi) is 46.0. The van der Waals surface area contributed by atoms with Gasteiger partial charge in [0.2, 0.25) is 0 Å². The molecule has 0 heterocycles. The van der Waals surface area contributed by atoms with Crippen molar-refractivity contribution in [2.45, 2.75) is 0 Å². The molecule has 0 saturated carbocycles. The van der Waals surface area contributed by atoms with Crippen molar-refractivity contribution in [2.75, 3.05) is 0 Å². The Hall–Kier alpha value is 0.520. The molecule has 0 aromatic carbocycles. The van der Waals surface area contributed by atoms with Gasteiger partial charge in [-0.1, -0.05) is 0 Å². The van der Waals surface area contributed by atoms with Crippen LogP contribution >= 0.6 is 0 Å². The van der Waals surface area contributed by atoms with Gasteiger partial charge >= 0.3 is 37.7 Å². The second-order valence-electron chi connectivity index (χ2n) is 0.514. The SMILES string of the molecule is O.O.O=CO.O=S(=O)([O-])[O-].[Ca+2]. The van der Waals surface area contributed by atoms with Crippen LogP contribution in [0.4, 0.5) is 0 Å². The molecule has 0 bridgehead atoms. The van der Waals surface area contributed by atoms with Crippen LogP contribution in [0.2, 0.25) is 0 Å². The minimum Gasteiger partial charge on any atom is -0.759 e. The zero-order valence-corrected chi connectivity index (χ0v) is 8.21. The smallest absolute Gasteiger partial charge is 0.759 e. The van der Waals surface area contributed by atoms with Gasteiger partial charge < -0.3 is 25.2 Å².